The Morgan fingerprint density at radius 2 is 1.85 bits per heavy atom. The van der Waals surface area contributed by atoms with Crippen LogP contribution in [0, 0.1) is 0 Å². The molecule has 1 atom stereocenters. The Morgan fingerprint density at radius 1 is 1.05 bits per heavy atom. The number of hydrogen-bond acceptors (Lipinski definition) is 3. The minimum atomic E-state index is -0.329. The van der Waals surface area contributed by atoms with Crippen molar-refractivity contribution in [2.45, 2.75) is 18.9 Å². The van der Waals surface area contributed by atoms with Crippen LogP contribution in [0.5, 0.6) is 11.5 Å². The lowest BCUT2D eigenvalue weighted by Gasteiger charge is -2.13. The van der Waals surface area contributed by atoms with Gasteiger partial charge in [-0.1, -0.05) is 24.3 Å². The molecule has 1 N–H and O–H groups in total. The summed E-state index contributed by atoms with van der Waals surface area (Å²) in [6.45, 7) is 0. The second-order valence-electron chi connectivity index (χ2n) is 5.00. The van der Waals surface area contributed by atoms with Crippen LogP contribution in [0.25, 0.3) is 11.1 Å². The number of aliphatic hydroxyl groups excluding tert-OH is 1. The fourth-order valence-electron chi connectivity index (χ4n) is 2.91. The number of hydrogen-bond donors (Lipinski definition) is 1. The van der Waals surface area contributed by atoms with Crippen LogP contribution in [0.3, 0.4) is 0 Å². The molecule has 0 fully saturated rings. The Bertz CT molecular complexity index is 634. The molecule has 3 heteroatoms. The standard InChI is InChI=1S/C17H18O3/c1-19-16-9-6-11(10-17(16)20-2)12-4-3-5-14-13(12)7-8-15(14)18/h3-6,9-10,15,18H,7-8H2,1-2H3. The molecule has 0 amide bonds. The van der Waals surface area contributed by atoms with Crippen LogP contribution in [0.15, 0.2) is 36.4 Å². The first kappa shape index (κ1) is 13.0. The Hall–Kier alpha value is -2.00. The monoisotopic (exact) mass is 270 g/mol. The van der Waals surface area contributed by atoms with E-state index in [1.54, 1.807) is 14.2 Å². The minimum absolute atomic E-state index is 0.329. The quantitative estimate of drug-likeness (QED) is 0.929. The average Bonchev–Trinajstić information content (AvgIpc) is 2.88. The molecule has 2 aromatic carbocycles. The number of rotatable bonds is 3. The maximum Gasteiger partial charge on any atom is 0.161 e. The zero-order chi connectivity index (χ0) is 14.1. The molecule has 0 heterocycles. The summed E-state index contributed by atoms with van der Waals surface area (Å²) in [5, 5.41) is 9.99. The minimum Gasteiger partial charge on any atom is -0.493 e. The Morgan fingerprint density at radius 3 is 2.60 bits per heavy atom. The van der Waals surface area contributed by atoms with Gasteiger partial charge in [-0.25, -0.2) is 0 Å². The molecule has 0 radical (unpaired) electrons. The third kappa shape index (κ3) is 2.04. The van der Waals surface area contributed by atoms with Crippen LogP contribution >= 0.6 is 0 Å². The topological polar surface area (TPSA) is 38.7 Å². The van der Waals surface area contributed by atoms with E-state index in [1.807, 2.05) is 30.3 Å². The van der Waals surface area contributed by atoms with E-state index >= 15 is 0 Å². The van der Waals surface area contributed by atoms with Crippen molar-refractivity contribution in [1.29, 1.82) is 0 Å². The first-order valence-electron chi connectivity index (χ1n) is 6.77. The summed E-state index contributed by atoms with van der Waals surface area (Å²) in [7, 11) is 3.27. The maximum absolute atomic E-state index is 9.99. The number of aliphatic hydroxyl groups is 1. The zero-order valence-corrected chi connectivity index (χ0v) is 11.7. The van der Waals surface area contributed by atoms with Crippen molar-refractivity contribution in [3.05, 3.63) is 47.5 Å². The molecule has 0 bridgehead atoms. The highest BCUT2D eigenvalue weighted by molar-refractivity contribution is 5.72. The van der Waals surface area contributed by atoms with Gasteiger partial charge in [-0.3, -0.25) is 0 Å². The number of ether oxygens (including phenoxy) is 2. The predicted molar refractivity (Wildman–Crippen MR) is 78.3 cm³/mol. The number of benzene rings is 2. The highest BCUT2D eigenvalue weighted by Gasteiger charge is 2.23. The fourth-order valence-corrected chi connectivity index (χ4v) is 2.91. The van der Waals surface area contributed by atoms with Crippen molar-refractivity contribution in [3.8, 4) is 22.6 Å². The smallest absolute Gasteiger partial charge is 0.161 e. The third-order valence-corrected chi connectivity index (χ3v) is 3.93. The second kappa shape index (κ2) is 5.17. The molecule has 0 saturated heterocycles. The van der Waals surface area contributed by atoms with Gasteiger partial charge in [0.2, 0.25) is 0 Å². The van der Waals surface area contributed by atoms with Gasteiger partial charge in [0.05, 0.1) is 20.3 Å². The summed E-state index contributed by atoms with van der Waals surface area (Å²) in [4.78, 5) is 0. The number of fused-ring (bicyclic) bond motifs is 1. The van der Waals surface area contributed by atoms with Crippen molar-refractivity contribution in [2.24, 2.45) is 0 Å². The second-order valence-corrected chi connectivity index (χ2v) is 5.00. The van der Waals surface area contributed by atoms with Crippen molar-refractivity contribution in [1.82, 2.24) is 0 Å². The van der Waals surface area contributed by atoms with Gasteiger partial charge in [0, 0.05) is 0 Å². The lowest BCUT2D eigenvalue weighted by atomic mass is 9.96. The van der Waals surface area contributed by atoms with Gasteiger partial charge in [-0.2, -0.15) is 0 Å². The molecule has 104 valence electrons. The molecule has 2 aromatic rings. The molecule has 3 nitrogen and oxygen atoms in total. The predicted octanol–water partition coefficient (Wildman–Crippen LogP) is 3.35. The van der Waals surface area contributed by atoms with Crippen LogP contribution in [0.4, 0.5) is 0 Å². The molecule has 3 rings (SSSR count). The van der Waals surface area contributed by atoms with Gasteiger partial charge in [0.25, 0.3) is 0 Å². The molecule has 0 saturated carbocycles. The summed E-state index contributed by atoms with van der Waals surface area (Å²) >= 11 is 0. The molecular weight excluding hydrogens is 252 g/mol. The summed E-state index contributed by atoms with van der Waals surface area (Å²) in [6, 6.07) is 12.0. The molecule has 0 aromatic heterocycles. The normalized spacial score (nSPS) is 16.9. The molecule has 0 spiro atoms. The van der Waals surface area contributed by atoms with Gasteiger partial charge in [0.1, 0.15) is 0 Å². The first-order valence-corrected chi connectivity index (χ1v) is 6.77. The van der Waals surface area contributed by atoms with E-state index in [9.17, 15) is 5.11 Å². The van der Waals surface area contributed by atoms with Crippen molar-refractivity contribution in [3.63, 3.8) is 0 Å². The molecule has 1 aliphatic carbocycles. The van der Waals surface area contributed by atoms with Crippen molar-refractivity contribution < 1.29 is 14.6 Å². The Kier molecular flexibility index (Phi) is 3.36. The van der Waals surface area contributed by atoms with E-state index in [0.717, 1.165) is 35.5 Å². The summed E-state index contributed by atoms with van der Waals surface area (Å²) < 4.78 is 10.6. The van der Waals surface area contributed by atoms with Crippen molar-refractivity contribution >= 4 is 0 Å². The highest BCUT2D eigenvalue weighted by Crippen LogP contribution is 2.39. The number of methoxy groups -OCH3 is 2. The summed E-state index contributed by atoms with van der Waals surface area (Å²) in [5.74, 6) is 1.45. The van der Waals surface area contributed by atoms with E-state index in [0.29, 0.717) is 0 Å². The van der Waals surface area contributed by atoms with Gasteiger partial charge < -0.3 is 14.6 Å². The van der Waals surface area contributed by atoms with E-state index in [2.05, 4.69) is 6.07 Å². The summed E-state index contributed by atoms with van der Waals surface area (Å²) in [5.41, 5.74) is 4.55. The van der Waals surface area contributed by atoms with Crippen LogP contribution in [0.2, 0.25) is 0 Å². The molecule has 0 aliphatic heterocycles. The lowest BCUT2D eigenvalue weighted by molar-refractivity contribution is 0.180. The van der Waals surface area contributed by atoms with E-state index in [-0.39, 0.29) is 6.10 Å². The molecule has 1 aliphatic rings. The van der Waals surface area contributed by atoms with Gasteiger partial charge in [0.15, 0.2) is 11.5 Å². The highest BCUT2D eigenvalue weighted by atomic mass is 16.5. The molecule has 1 unspecified atom stereocenters. The third-order valence-electron chi connectivity index (χ3n) is 3.93. The average molecular weight is 270 g/mol. The first-order chi connectivity index (χ1) is 9.74. The van der Waals surface area contributed by atoms with Crippen LogP contribution in [-0.4, -0.2) is 19.3 Å². The Balaban J connectivity index is 2.11. The van der Waals surface area contributed by atoms with Crippen LogP contribution in [-0.2, 0) is 6.42 Å². The fraction of sp³-hybridized carbons (Fsp3) is 0.294. The van der Waals surface area contributed by atoms with Crippen molar-refractivity contribution in [2.75, 3.05) is 14.2 Å². The summed E-state index contributed by atoms with van der Waals surface area (Å²) in [6.07, 6.45) is 1.39. The Labute approximate surface area is 118 Å². The van der Waals surface area contributed by atoms with Gasteiger partial charge in [-0.05, 0) is 47.2 Å². The van der Waals surface area contributed by atoms with Gasteiger partial charge >= 0.3 is 0 Å². The lowest BCUT2D eigenvalue weighted by Crippen LogP contribution is -1.94. The molecular formula is C17H18O3. The zero-order valence-electron chi connectivity index (χ0n) is 11.7. The van der Waals surface area contributed by atoms with E-state index < -0.39 is 0 Å². The SMILES string of the molecule is COc1ccc(-c2cccc3c2CCC3O)cc1OC. The van der Waals surface area contributed by atoms with E-state index in [4.69, 9.17) is 9.47 Å². The van der Waals surface area contributed by atoms with Gasteiger partial charge in [-0.15, -0.1) is 0 Å². The largest absolute Gasteiger partial charge is 0.493 e. The van der Waals surface area contributed by atoms with Crippen LogP contribution in [0.1, 0.15) is 23.7 Å². The molecule has 20 heavy (non-hydrogen) atoms. The van der Waals surface area contributed by atoms with Crippen LogP contribution < -0.4 is 9.47 Å². The van der Waals surface area contributed by atoms with E-state index in [1.165, 1.54) is 11.1 Å². The maximum atomic E-state index is 9.99.